The molecule has 24 heavy (non-hydrogen) atoms. The molecule has 3 N–H and O–H groups in total. The lowest BCUT2D eigenvalue weighted by molar-refractivity contribution is -0.125. The molecular formula is C17H24ClN3O2S. The van der Waals surface area contributed by atoms with Gasteiger partial charge < -0.3 is 15.8 Å². The van der Waals surface area contributed by atoms with Crippen molar-refractivity contribution in [2.24, 2.45) is 5.73 Å². The molecule has 2 rings (SSSR count). The summed E-state index contributed by atoms with van der Waals surface area (Å²) in [6.45, 7) is 7.28. The second-order valence-corrected chi connectivity index (χ2v) is 7.14. The molecule has 0 bridgehead atoms. The number of ether oxygens (including phenoxy) is 1. The lowest BCUT2D eigenvalue weighted by Gasteiger charge is -2.21. The number of methoxy groups -OCH3 is 1. The Kier molecular flexibility index (Phi) is 6.77. The quantitative estimate of drug-likeness (QED) is 0.846. The summed E-state index contributed by atoms with van der Waals surface area (Å²) in [5.74, 6) is 0.636. The highest BCUT2D eigenvalue weighted by Crippen LogP contribution is 2.32. The van der Waals surface area contributed by atoms with Crippen molar-refractivity contribution in [3.8, 4) is 16.3 Å². The van der Waals surface area contributed by atoms with Gasteiger partial charge in [-0.25, -0.2) is 4.98 Å². The lowest BCUT2D eigenvalue weighted by Crippen LogP contribution is -2.49. The number of amides is 1. The van der Waals surface area contributed by atoms with Crippen LogP contribution in [0, 0.1) is 6.92 Å². The molecule has 0 radical (unpaired) electrons. The number of aromatic nitrogens is 1. The Balaban J connectivity index is 0.00000288. The maximum atomic E-state index is 12.0. The summed E-state index contributed by atoms with van der Waals surface area (Å²) >= 11 is 1.58. The fourth-order valence-electron chi connectivity index (χ4n) is 2.12. The van der Waals surface area contributed by atoms with E-state index in [-0.39, 0.29) is 24.4 Å². The van der Waals surface area contributed by atoms with E-state index in [0.29, 0.717) is 0 Å². The summed E-state index contributed by atoms with van der Waals surface area (Å²) < 4.78 is 5.17. The van der Waals surface area contributed by atoms with Crippen LogP contribution < -0.4 is 15.8 Å². The summed E-state index contributed by atoms with van der Waals surface area (Å²) in [6, 6.07) is 7.65. The van der Waals surface area contributed by atoms with Gasteiger partial charge in [-0.2, -0.15) is 0 Å². The summed E-state index contributed by atoms with van der Waals surface area (Å²) in [5, 5.41) is 3.87. The van der Waals surface area contributed by atoms with Crippen LogP contribution in [0.4, 0.5) is 0 Å². The molecule has 1 unspecified atom stereocenters. The summed E-state index contributed by atoms with van der Waals surface area (Å²) in [6.07, 6.45) is 0. The van der Waals surface area contributed by atoms with Crippen LogP contribution in [0.1, 0.15) is 37.4 Å². The first-order valence-corrected chi connectivity index (χ1v) is 8.25. The van der Waals surface area contributed by atoms with E-state index in [4.69, 9.17) is 10.5 Å². The Labute approximate surface area is 153 Å². The summed E-state index contributed by atoms with van der Waals surface area (Å²) in [4.78, 5) is 17.7. The number of hydrogen-bond donors (Lipinski definition) is 2. The minimum absolute atomic E-state index is 0. The van der Waals surface area contributed by atoms with Crippen molar-refractivity contribution in [1.82, 2.24) is 10.3 Å². The molecule has 5 nitrogen and oxygen atoms in total. The summed E-state index contributed by atoms with van der Waals surface area (Å²) in [7, 11) is 1.64. The average Bonchev–Trinajstić information content (AvgIpc) is 2.88. The maximum Gasteiger partial charge on any atom is 0.240 e. The Bertz CT molecular complexity index is 693. The molecule has 0 aliphatic carbocycles. The number of nitrogens with two attached hydrogens (primary N) is 1. The molecule has 0 aliphatic heterocycles. The van der Waals surface area contributed by atoms with Gasteiger partial charge in [-0.05, 0) is 52.0 Å². The van der Waals surface area contributed by atoms with E-state index in [0.717, 1.165) is 26.9 Å². The number of aryl methyl sites for hydroxylation is 1. The second-order valence-electron chi connectivity index (χ2n) is 6.11. The van der Waals surface area contributed by atoms with E-state index in [9.17, 15) is 4.79 Å². The van der Waals surface area contributed by atoms with Gasteiger partial charge in [-0.15, -0.1) is 23.7 Å². The zero-order valence-corrected chi connectivity index (χ0v) is 16.2. The van der Waals surface area contributed by atoms with Crippen LogP contribution >= 0.6 is 23.7 Å². The van der Waals surface area contributed by atoms with Crippen molar-refractivity contribution in [2.45, 2.75) is 39.3 Å². The monoisotopic (exact) mass is 369 g/mol. The van der Waals surface area contributed by atoms with E-state index >= 15 is 0 Å². The highest BCUT2D eigenvalue weighted by Gasteiger charge is 2.25. The first-order chi connectivity index (χ1) is 10.7. The molecule has 0 spiro atoms. The molecule has 2 aromatic rings. The molecule has 1 aromatic heterocycles. The number of rotatable bonds is 5. The van der Waals surface area contributed by atoms with E-state index in [1.807, 2.05) is 38.1 Å². The number of hydrogen-bond acceptors (Lipinski definition) is 5. The Morgan fingerprint density at radius 2 is 1.92 bits per heavy atom. The molecule has 1 atom stereocenters. The van der Waals surface area contributed by atoms with Gasteiger partial charge in [-0.1, -0.05) is 0 Å². The summed E-state index contributed by atoms with van der Waals surface area (Å²) in [5.41, 5.74) is 6.88. The molecule has 0 saturated heterocycles. The highest BCUT2D eigenvalue weighted by molar-refractivity contribution is 7.15. The minimum Gasteiger partial charge on any atom is -0.497 e. The molecule has 7 heteroatoms. The van der Waals surface area contributed by atoms with Crippen LogP contribution in [0.25, 0.3) is 10.6 Å². The molecule has 1 heterocycles. The molecule has 0 fully saturated rings. The lowest BCUT2D eigenvalue weighted by atomic mass is 10.1. The molecule has 1 aromatic carbocycles. The zero-order valence-electron chi connectivity index (χ0n) is 14.5. The van der Waals surface area contributed by atoms with Crippen molar-refractivity contribution in [2.75, 3.05) is 7.11 Å². The van der Waals surface area contributed by atoms with Crippen molar-refractivity contribution < 1.29 is 9.53 Å². The Morgan fingerprint density at radius 3 is 2.42 bits per heavy atom. The van der Waals surface area contributed by atoms with Crippen LogP contribution in [0.2, 0.25) is 0 Å². The first kappa shape index (κ1) is 20.4. The van der Waals surface area contributed by atoms with Gasteiger partial charge >= 0.3 is 0 Å². The largest absolute Gasteiger partial charge is 0.497 e. The van der Waals surface area contributed by atoms with Gasteiger partial charge in [0, 0.05) is 5.56 Å². The third kappa shape index (κ3) is 4.69. The smallest absolute Gasteiger partial charge is 0.240 e. The fourth-order valence-corrected chi connectivity index (χ4v) is 3.19. The van der Waals surface area contributed by atoms with Crippen molar-refractivity contribution in [3.05, 3.63) is 34.8 Å². The number of halogens is 1. The number of nitrogens with one attached hydrogen (secondary N) is 1. The third-order valence-electron chi connectivity index (χ3n) is 3.50. The van der Waals surface area contributed by atoms with Gasteiger partial charge in [0.25, 0.3) is 0 Å². The van der Waals surface area contributed by atoms with Crippen LogP contribution in [0.3, 0.4) is 0 Å². The molecule has 0 aliphatic rings. The van der Waals surface area contributed by atoms with Crippen molar-refractivity contribution >= 4 is 29.7 Å². The highest BCUT2D eigenvalue weighted by atomic mass is 35.5. The normalized spacial score (nSPS) is 12.2. The van der Waals surface area contributed by atoms with Crippen LogP contribution in [0.15, 0.2) is 24.3 Å². The van der Waals surface area contributed by atoms with Gasteiger partial charge in [-0.3, -0.25) is 4.79 Å². The molecular weight excluding hydrogens is 346 g/mol. The van der Waals surface area contributed by atoms with E-state index in [2.05, 4.69) is 10.3 Å². The van der Waals surface area contributed by atoms with E-state index < -0.39 is 5.54 Å². The number of carbonyl (C=O) groups is 1. The maximum absolute atomic E-state index is 12.0. The van der Waals surface area contributed by atoms with Gasteiger partial charge in [0.05, 0.1) is 29.3 Å². The van der Waals surface area contributed by atoms with Crippen molar-refractivity contribution in [1.29, 1.82) is 0 Å². The Morgan fingerprint density at radius 1 is 1.33 bits per heavy atom. The Hall–Kier alpha value is -1.63. The SMILES string of the molecule is COc1ccc(-c2nc(C)c(C(C)NC(=O)C(C)(C)N)s2)cc1.Cl. The van der Waals surface area contributed by atoms with E-state index in [1.54, 1.807) is 32.3 Å². The number of nitrogens with zero attached hydrogens (tertiary/aromatic N) is 1. The van der Waals surface area contributed by atoms with E-state index in [1.165, 1.54) is 0 Å². The van der Waals surface area contributed by atoms with Crippen LogP contribution in [-0.2, 0) is 4.79 Å². The average molecular weight is 370 g/mol. The number of carbonyl (C=O) groups excluding carboxylic acids is 1. The van der Waals surface area contributed by atoms with Crippen LogP contribution in [0.5, 0.6) is 5.75 Å². The second kappa shape index (κ2) is 7.96. The topological polar surface area (TPSA) is 77.2 Å². The molecule has 0 saturated carbocycles. The predicted molar refractivity (Wildman–Crippen MR) is 101 cm³/mol. The standard InChI is InChI=1S/C17H23N3O2S.ClH/c1-10-14(11(2)20-16(21)17(3,4)18)23-15(19-10)12-6-8-13(22-5)9-7-12;/h6-9,11H,18H2,1-5H3,(H,20,21);1H. The van der Waals surface area contributed by atoms with Crippen molar-refractivity contribution in [3.63, 3.8) is 0 Å². The number of benzene rings is 1. The molecule has 1 amide bonds. The zero-order chi connectivity index (χ0) is 17.2. The van der Waals surface area contributed by atoms with Gasteiger partial charge in [0.1, 0.15) is 10.8 Å². The fraction of sp³-hybridized carbons (Fsp3) is 0.412. The number of thiazole rings is 1. The third-order valence-corrected chi connectivity index (χ3v) is 4.88. The first-order valence-electron chi connectivity index (χ1n) is 7.44. The minimum atomic E-state index is -0.897. The van der Waals surface area contributed by atoms with Crippen LogP contribution in [-0.4, -0.2) is 23.5 Å². The molecule has 132 valence electrons. The predicted octanol–water partition coefficient (Wildman–Crippen LogP) is 3.46. The van der Waals surface area contributed by atoms with Gasteiger partial charge in [0.15, 0.2) is 0 Å². The van der Waals surface area contributed by atoms with Gasteiger partial charge in [0.2, 0.25) is 5.91 Å².